The number of hydrogen-bond acceptors (Lipinski definition) is 5. The molecule has 0 unspecified atom stereocenters. The van der Waals surface area contributed by atoms with Crippen LogP contribution < -0.4 is 10.6 Å². The van der Waals surface area contributed by atoms with Crippen molar-refractivity contribution in [2.45, 2.75) is 26.8 Å². The maximum atomic E-state index is 14.3. The van der Waals surface area contributed by atoms with Crippen molar-refractivity contribution in [1.82, 2.24) is 14.7 Å². The van der Waals surface area contributed by atoms with E-state index in [0.29, 0.717) is 37.6 Å². The third kappa shape index (κ3) is 6.74. The second-order valence-corrected chi connectivity index (χ2v) is 8.68. The number of carbonyl (C=O) groups excluding carboxylic acids is 2. The molecule has 0 aliphatic carbocycles. The van der Waals surface area contributed by atoms with Crippen LogP contribution >= 0.6 is 0 Å². The number of nitrogens with zero attached hydrogens (tertiary/aromatic N) is 3. The molecule has 184 valence electrons. The van der Waals surface area contributed by atoms with Gasteiger partial charge in [0.1, 0.15) is 5.82 Å². The highest BCUT2D eigenvalue weighted by atomic mass is 19.1. The van der Waals surface area contributed by atoms with E-state index in [0.717, 1.165) is 30.0 Å². The SMILES string of the molecule is Cc1cc(C)n(Cc2ccc(C(=O)Nc3ccc(F)c(NC(=O)CCN4CCOCC4)c3)cc2)n1. The molecule has 2 amide bonds. The molecule has 0 radical (unpaired) electrons. The predicted molar refractivity (Wildman–Crippen MR) is 132 cm³/mol. The Morgan fingerprint density at radius 2 is 1.77 bits per heavy atom. The molecule has 1 fully saturated rings. The number of benzene rings is 2. The van der Waals surface area contributed by atoms with Gasteiger partial charge in [-0.05, 0) is 55.8 Å². The third-order valence-electron chi connectivity index (χ3n) is 5.91. The van der Waals surface area contributed by atoms with Crippen molar-refractivity contribution in [3.05, 3.63) is 76.9 Å². The average molecular weight is 480 g/mol. The van der Waals surface area contributed by atoms with Crippen molar-refractivity contribution in [1.29, 1.82) is 0 Å². The van der Waals surface area contributed by atoms with E-state index in [1.165, 1.54) is 18.2 Å². The molecule has 2 N–H and O–H groups in total. The zero-order valence-electron chi connectivity index (χ0n) is 20.0. The Morgan fingerprint density at radius 1 is 1.03 bits per heavy atom. The highest BCUT2D eigenvalue weighted by molar-refractivity contribution is 6.04. The molecule has 1 aliphatic rings. The van der Waals surface area contributed by atoms with Crippen LogP contribution in [-0.4, -0.2) is 59.3 Å². The fourth-order valence-electron chi connectivity index (χ4n) is 3.97. The first-order valence-electron chi connectivity index (χ1n) is 11.7. The minimum Gasteiger partial charge on any atom is -0.379 e. The molecule has 0 atom stereocenters. The number of rotatable bonds is 8. The number of morpholine rings is 1. The summed E-state index contributed by atoms with van der Waals surface area (Å²) in [5, 5.41) is 9.84. The fourth-order valence-corrected chi connectivity index (χ4v) is 3.97. The molecular weight excluding hydrogens is 449 g/mol. The molecule has 0 saturated carbocycles. The van der Waals surface area contributed by atoms with E-state index in [-0.39, 0.29) is 23.9 Å². The largest absolute Gasteiger partial charge is 0.379 e. The molecule has 2 heterocycles. The summed E-state index contributed by atoms with van der Waals surface area (Å²) in [6.07, 6.45) is 0.250. The summed E-state index contributed by atoms with van der Waals surface area (Å²) in [5.41, 5.74) is 3.97. The molecule has 1 aromatic heterocycles. The highest BCUT2D eigenvalue weighted by Crippen LogP contribution is 2.21. The van der Waals surface area contributed by atoms with Crippen molar-refractivity contribution in [2.24, 2.45) is 0 Å². The van der Waals surface area contributed by atoms with Crippen LogP contribution in [0.25, 0.3) is 0 Å². The summed E-state index contributed by atoms with van der Waals surface area (Å²) in [4.78, 5) is 27.2. The number of aryl methyl sites for hydroxylation is 2. The molecule has 1 saturated heterocycles. The highest BCUT2D eigenvalue weighted by Gasteiger charge is 2.14. The van der Waals surface area contributed by atoms with Crippen molar-refractivity contribution in [3.8, 4) is 0 Å². The van der Waals surface area contributed by atoms with Gasteiger partial charge in [-0.25, -0.2) is 4.39 Å². The molecule has 1 aliphatic heterocycles. The lowest BCUT2D eigenvalue weighted by Gasteiger charge is -2.26. The molecule has 35 heavy (non-hydrogen) atoms. The van der Waals surface area contributed by atoms with E-state index in [2.05, 4.69) is 20.6 Å². The molecule has 3 aromatic rings. The Morgan fingerprint density at radius 3 is 2.46 bits per heavy atom. The van der Waals surface area contributed by atoms with E-state index >= 15 is 0 Å². The standard InChI is InChI=1S/C26H30FN5O3/c1-18-15-19(2)32(30-18)17-20-3-5-21(6-4-20)26(34)28-22-7-8-23(27)24(16-22)29-25(33)9-10-31-11-13-35-14-12-31/h3-8,15-16H,9-14,17H2,1-2H3,(H,28,34)(H,29,33). The van der Waals surface area contributed by atoms with Gasteiger partial charge in [0, 0.05) is 43.0 Å². The fraction of sp³-hybridized carbons (Fsp3) is 0.346. The smallest absolute Gasteiger partial charge is 0.255 e. The first-order valence-corrected chi connectivity index (χ1v) is 11.7. The molecule has 4 rings (SSSR count). The normalized spacial score (nSPS) is 14.0. The Bertz CT molecular complexity index is 1190. The van der Waals surface area contributed by atoms with Crippen LogP contribution in [0.2, 0.25) is 0 Å². The Balaban J connectivity index is 1.33. The van der Waals surface area contributed by atoms with Gasteiger partial charge in [-0.2, -0.15) is 5.10 Å². The number of aromatic nitrogens is 2. The maximum absolute atomic E-state index is 14.3. The van der Waals surface area contributed by atoms with E-state index in [4.69, 9.17) is 4.74 Å². The second kappa shape index (κ2) is 11.2. The molecule has 2 aromatic carbocycles. The van der Waals surface area contributed by atoms with Crippen LogP contribution in [0.3, 0.4) is 0 Å². The van der Waals surface area contributed by atoms with Gasteiger partial charge in [0.05, 0.1) is 31.1 Å². The monoisotopic (exact) mass is 479 g/mol. The summed E-state index contributed by atoms with van der Waals surface area (Å²) in [6.45, 7) is 8.05. The second-order valence-electron chi connectivity index (χ2n) is 8.68. The number of hydrogen-bond donors (Lipinski definition) is 2. The van der Waals surface area contributed by atoms with Crippen molar-refractivity contribution in [2.75, 3.05) is 43.5 Å². The minimum atomic E-state index is -0.559. The first-order chi connectivity index (χ1) is 16.9. The lowest BCUT2D eigenvalue weighted by atomic mass is 10.1. The number of anilines is 2. The minimum absolute atomic E-state index is 0.0370. The summed E-state index contributed by atoms with van der Waals surface area (Å²) >= 11 is 0. The van der Waals surface area contributed by atoms with Gasteiger partial charge in [-0.15, -0.1) is 0 Å². The van der Waals surface area contributed by atoms with E-state index in [1.807, 2.05) is 36.7 Å². The van der Waals surface area contributed by atoms with Crippen LogP contribution in [0.15, 0.2) is 48.5 Å². The Kier molecular flexibility index (Phi) is 7.89. The van der Waals surface area contributed by atoms with E-state index in [1.54, 1.807) is 12.1 Å². The van der Waals surface area contributed by atoms with E-state index in [9.17, 15) is 14.0 Å². The van der Waals surface area contributed by atoms with Gasteiger partial charge in [-0.3, -0.25) is 19.2 Å². The number of ether oxygens (including phenoxy) is 1. The maximum Gasteiger partial charge on any atom is 0.255 e. The topological polar surface area (TPSA) is 88.5 Å². The number of nitrogens with one attached hydrogen (secondary N) is 2. The van der Waals surface area contributed by atoms with Gasteiger partial charge in [0.15, 0.2) is 0 Å². The molecular formula is C26H30FN5O3. The number of amides is 2. The van der Waals surface area contributed by atoms with Crippen LogP contribution in [0, 0.1) is 19.7 Å². The predicted octanol–water partition coefficient (Wildman–Crippen LogP) is 3.60. The van der Waals surface area contributed by atoms with Crippen molar-refractivity contribution >= 4 is 23.2 Å². The number of carbonyl (C=O) groups is 2. The Labute approximate surface area is 204 Å². The van der Waals surface area contributed by atoms with Gasteiger partial charge < -0.3 is 15.4 Å². The van der Waals surface area contributed by atoms with E-state index < -0.39 is 5.82 Å². The van der Waals surface area contributed by atoms with Crippen molar-refractivity contribution in [3.63, 3.8) is 0 Å². The zero-order chi connectivity index (χ0) is 24.8. The van der Waals surface area contributed by atoms with Gasteiger partial charge in [0.2, 0.25) is 5.91 Å². The Hall–Kier alpha value is -3.56. The summed E-state index contributed by atoms with van der Waals surface area (Å²) in [6, 6.07) is 13.4. The van der Waals surface area contributed by atoms with Crippen LogP contribution in [0.1, 0.15) is 33.7 Å². The van der Waals surface area contributed by atoms with Gasteiger partial charge in [0.25, 0.3) is 5.91 Å². The summed E-state index contributed by atoms with van der Waals surface area (Å²) < 4.78 is 21.5. The van der Waals surface area contributed by atoms with Gasteiger partial charge >= 0.3 is 0 Å². The van der Waals surface area contributed by atoms with Crippen LogP contribution in [0.4, 0.5) is 15.8 Å². The van der Waals surface area contributed by atoms with Crippen LogP contribution in [0.5, 0.6) is 0 Å². The zero-order valence-corrected chi connectivity index (χ0v) is 20.0. The average Bonchev–Trinajstić information content (AvgIpc) is 3.17. The van der Waals surface area contributed by atoms with Crippen molar-refractivity contribution < 1.29 is 18.7 Å². The first kappa shape index (κ1) is 24.6. The molecule has 9 heteroatoms. The summed E-state index contributed by atoms with van der Waals surface area (Å²) in [7, 11) is 0. The molecule has 0 spiro atoms. The lowest BCUT2D eigenvalue weighted by molar-refractivity contribution is -0.116. The summed E-state index contributed by atoms with van der Waals surface area (Å²) in [5.74, 6) is -1.16. The third-order valence-corrected chi connectivity index (χ3v) is 5.91. The molecule has 0 bridgehead atoms. The number of halogens is 1. The van der Waals surface area contributed by atoms with Crippen LogP contribution in [-0.2, 0) is 16.1 Å². The lowest BCUT2D eigenvalue weighted by Crippen LogP contribution is -2.38. The quantitative estimate of drug-likeness (QED) is 0.516. The molecule has 8 nitrogen and oxygen atoms in total. The van der Waals surface area contributed by atoms with Gasteiger partial charge in [-0.1, -0.05) is 12.1 Å².